The van der Waals surface area contributed by atoms with Crippen molar-refractivity contribution >= 4 is 0 Å². The standard InChI is InChI=1S/C15H23NO2/c1-3-15(16,4-2)11-17-9-12-10-18-14-8-6-5-7-13(12)14/h5-8,12H,3-4,9-11,16H2,1-2H3. The molecule has 1 aromatic rings. The van der Waals surface area contributed by atoms with Gasteiger partial charge in [-0.25, -0.2) is 0 Å². The Labute approximate surface area is 109 Å². The predicted molar refractivity (Wildman–Crippen MR) is 73.0 cm³/mol. The monoisotopic (exact) mass is 249 g/mol. The summed E-state index contributed by atoms with van der Waals surface area (Å²) in [5, 5.41) is 0. The normalized spacial score (nSPS) is 18.5. The van der Waals surface area contributed by atoms with Gasteiger partial charge in [-0.2, -0.15) is 0 Å². The molecule has 0 radical (unpaired) electrons. The second kappa shape index (κ2) is 5.72. The number of para-hydroxylation sites is 1. The van der Waals surface area contributed by atoms with Crippen LogP contribution in [0.4, 0.5) is 0 Å². The van der Waals surface area contributed by atoms with Crippen LogP contribution in [-0.4, -0.2) is 25.4 Å². The highest BCUT2D eigenvalue weighted by Gasteiger charge is 2.26. The molecule has 2 rings (SSSR count). The molecule has 0 spiro atoms. The van der Waals surface area contributed by atoms with Crippen molar-refractivity contribution in [3.05, 3.63) is 29.8 Å². The molecule has 0 bridgehead atoms. The van der Waals surface area contributed by atoms with Crippen molar-refractivity contribution in [3.63, 3.8) is 0 Å². The molecule has 0 aliphatic carbocycles. The van der Waals surface area contributed by atoms with E-state index in [0.717, 1.165) is 25.2 Å². The zero-order chi connectivity index (χ0) is 13.0. The Bertz CT molecular complexity index is 388. The molecule has 1 aromatic carbocycles. The lowest BCUT2D eigenvalue weighted by Crippen LogP contribution is -2.43. The highest BCUT2D eigenvalue weighted by molar-refractivity contribution is 5.39. The van der Waals surface area contributed by atoms with Crippen LogP contribution < -0.4 is 10.5 Å². The minimum absolute atomic E-state index is 0.182. The Morgan fingerprint density at radius 1 is 1.33 bits per heavy atom. The van der Waals surface area contributed by atoms with Gasteiger partial charge in [-0.3, -0.25) is 0 Å². The van der Waals surface area contributed by atoms with Crippen LogP contribution in [0.15, 0.2) is 24.3 Å². The van der Waals surface area contributed by atoms with Gasteiger partial charge in [0.1, 0.15) is 5.75 Å². The largest absolute Gasteiger partial charge is 0.493 e. The van der Waals surface area contributed by atoms with Crippen LogP contribution in [0.1, 0.15) is 38.2 Å². The van der Waals surface area contributed by atoms with Crippen molar-refractivity contribution in [1.82, 2.24) is 0 Å². The predicted octanol–water partition coefficient (Wildman–Crippen LogP) is 2.70. The van der Waals surface area contributed by atoms with E-state index in [9.17, 15) is 0 Å². The molecule has 1 aliphatic rings. The Kier molecular flexibility index (Phi) is 4.25. The zero-order valence-corrected chi connectivity index (χ0v) is 11.3. The number of nitrogens with two attached hydrogens (primary N) is 1. The smallest absolute Gasteiger partial charge is 0.123 e. The van der Waals surface area contributed by atoms with Crippen LogP contribution in [0.2, 0.25) is 0 Å². The third-order valence-electron chi connectivity index (χ3n) is 3.92. The average molecular weight is 249 g/mol. The van der Waals surface area contributed by atoms with Crippen LogP contribution in [-0.2, 0) is 4.74 Å². The molecule has 100 valence electrons. The van der Waals surface area contributed by atoms with Gasteiger partial charge >= 0.3 is 0 Å². The van der Waals surface area contributed by atoms with Crippen molar-refractivity contribution in [2.45, 2.75) is 38.1 Å². The maximum absolute atomic E-state index is 6.22. The number of fused-ring (bicyclic) bond motifs is 1. The van der Waals surface area contributed by atoms with Gasteiger partial charge in [0.25, 0.3) is 0 Å². The SMILES string of the molecule is CCC(N)(CC)COCC1COc2ccccc21. The van der Waals surface area contributed by atoms with Crippen LogP contribution in [0.25, 0.3) is 0 Å². The van der Waals surface area contributed by atoms with Gasteiger partial charge < -0.3 is 15.2 Å². The van der Waals surface area contributed by atoms with E-state index >= 15 is 0 Å². The molecule has 0 saturated heterocycles. The Morgan fingerprint density at radius 3 is 2.78 bits per heavy atom. The molecule has 1 unspecified atom stereocenters. The summed E-state index contributed by atoms with van der Waals surface area (Å²) in [7, 11) is 0. The molecule has 1 aliphatic heterocycles. The van der Waals surface area contributed by atoms with Crippen molar-refractivity contribution in [3.8, 4) is 5.75 Å². The Morgan fingerprint density at radius 2 is 2.06 bits per heavy atom. The van der Waals surface area contributed by atoms with E-state index in [-0.39, 0.29) is 5.54 Å². The van der Waals surface area contributed by atoms with Gasteiger partial charge in [0.05, 0.1) is 19.8 Å². The van der Waals surface area contributed by atoms with E-state index < -0.39 is 0 Å². The molecule has 2 N–H and O–H groups in total. The van der Waals surface area contributed by atoms with E-state index in [0.29, 0.717) is 19.1 Å². The summed E-state index contributed by atoms with van der Waals surface area (Å²) in [6.07, 6.45) is 1.89. The second-order valence-corrected chi connectivity index (χ2v) is 5.13. The maximum atomic E-state index is 6.22. The quantitative estimate of drug-likeness (QED) is 0.843. The van der Waals surface area contributed by atoms with E-state index in [1.54, 1.807) is 0 Å². The summed E-state index contributed by atoms with van der Waals surface area (Å²) >= 11 is 0. The molecular weight excluding hydrogens is 226 g/mol. The molecule has 3 nitrogen and oxygen atoms in total. The highest BCUT2D eigenvalue weighted by Crippen LogP contribution is 2.33. The van der Waals surface area contributed by atoms with Gasteiger partial charge in [-0.15, -0.1) is 0 Å². The van der Waals surface area contributed by atoms with Gasteiger partial charge in [0, 0.05) is 17.0 Å². The lowest BCUT2D eigenvalue weighted by atomic mass is 9.95. The fourth-order valence-electron chi connectivity index (χ4n) is 2.23. The van der Waals surface area contributed by atoms with E-state index in [2.05, 4.69) is 19.9 Å². The van der Waals surface area contributed by atoms with Crippen LogP contribution >= 0.6 is 0 Å². The van der Waals surface area contributed by atoms with Crippen molar-refractivity contribution < 1.29 is 9.47 Å². The molecular formula is C15H23NO2. The van der Waals surface area contributed by atoms with Gasteiger partial charge in [-0.05, 0) is 18.9 Å². The molecule has 18 heavy (non-hydrogen) atoms. The number of hydrogen-bond donors (Lipinski definition) is 1. The van der Waals surface area contributed by atoms with Crippen LogP contribution in [0, 0.1) is 0 Å². The van der Waals surface area contributed by atoms with Crippen molar-refractivity contribution in [2.24, 2.45) is 5.73 Å². The Hall–Kier alpha value is -1.06. The Balaban J connectivity index is 1.86. The lowest BCUT2D eigenvalue weighted by Gasteiger charge is -2.26. The molecule has 3 heteroatoms. The van der Waals surface area contributed by atoms with E-state index in [1.165, 1.54) is 5.56 Å². The zero-order valence-electron chi connectivity index (χ0n) is 11.3. The van der Waals surface area contributed by atoms with Crippen molar-refractivity contribution in [2.75, 3.05) is 19.8 Å². The first-order chi connectivity index (χ1) is 8.68. The minimum atomic E-state index is -0.182. The van der Waals surface area contributed by atoms with E-state index in [4.69, 9.17) is 15.2 Å². The highest BCUT2D eigenvalue weighted by atomic mass is 16.5. The molecule has 0 fully saturated rings. The number of benzene rings is 1. The van der Waals surface area contributed by atoms with Gasteiger partial charge in [-0.1, -0.05) is 32.0 Å². The molecule has 1 heterocycles. The molecule has 0 saturated carbocycles. The maximum Gasteiger partial charge on any atom is 0.123 e. The second-order valence-electron chi connectivity index (χ2n) is 5.13. The first-order valence-corrected chi connectivity index (χ1v) is 6.77. The fraction of sp³-hybridized carbons (Fsp3) is 0.600. The van der Waals surface area contributed by atoms with Gasteiger partial charge in [0.2, 0.25) is 0 Å². The summed E-state index contributed by atoms with van der Waals surface area (Å²) in [6, 6.07) is 8.18. The number of hydrogen-bond acceptors (Lipinski definition) is 3. The van der Waals surface area contributed by atoms with Gasteiger partial charge in [0.15, 0.2) is 0 Å². The first kappa shape index (κ1) is 13.4. The molecule has 0 aromatic heterocycles. The third kappa shape index (κ3) is 2.85. The molecule has 0 amide bonds. The third-order valence-corrected chi connectivity index (χ3v) is 3.92. The number of rotatable bonds is 6. The van der Waals surface area contributed by atoms with E-state index in [1.807, 2.05) is 18.2 Å². The van der Waals surface area contributed by atoms with Crippen LogP contribution in [0.3, 0.4) is 0 Å². The summed E-state index contributed by atoms with van der Waals surface area (Å²) in [4.78, 5) is 0. The summed E-state index contributed by atoms with van der Waals surface area (Å²) in [6.45, 7) is 6.26. The van der Waals surface area contributed by atoms with Crippen LogP contribution in [0.5, 0.6) is 5.75 Å². The first-order valence-electron chi connectivity index (χ1n) is 6.77. The average Bonchev–Trinajstić information content (AvgIpc) is 2.82. The summed E-state index contributed by atoms with van der Waals surface area (Å²) in [5.41, 5.74) is 7.30. The molecule has 1 atom stereocenters. The minimum Gasteiger partial charge on any atom is -0.493 e. The van der Waals surface area contributed by atoms with Crippen molar-refractivity contribution in [1.29, 1.82) is 0 Å². The summed E-state index contributed by atoms with van der Waals surface area (Å²) in [5.74, 6) is 1.34. The lowest BCUT2D eigenvalue weighted by molar-refractivity contribution is 0.0671. The number of ether oxygens (including phenoxy) is 2. The topological polar surface area (TPSA) is 44.5 Å². The summed E-state index contributed by atoms with van der Waals surface area (Å²) < 4.78 is 11.5. The fourth-order valence-corrected chi connectivity index (χ4v) is 2.23.